The van der Waals surface area contributed by atoms with E-state index in [-0.39, 0.29) is 0 Å². The first-order valence-electron chi connectivity index (χ1n) is 4.19. The van der Waals surface area contributed by atoms with Gasteiger partial charge in [-0.2, -0.15) is 9.36 Å². The molecule has 5 heteroatoms. The predicted octanol–water partition coefficient (Wildman–Crippen LogP) is 1.67. The molecule has 0 spiro atoms. The summed E-state index contributed by atoms with van der Waals surface area (Å²) in [6.07, 6.45) is 3.54. The molecule has 2 aromatic rings. The van der Waals surface area contributed by atoms with Crippen LogP contribution < -0.4 is 4.90 Å². The average Bonchev–Trinajstić information content (AvgIpc) is 2.68. The van der Waals surface area contributed by atoms with E-state index in [4.69, 9.17) is 0 Å². The van der Waals surface area contributed by atoms with Crippen molar-refractivity contribution >= 4 is 17.5 Å². The Labute approximate surface area is 86.4 Å². The summed E-state index contributed by atoms with van der Waals surface area (Å²) in [7, 11) is 3.85. The van der Waals surface area contributed by atoms with Gasteiger partial charge in [0.25, 0.3) is 0 Å². The second kappa shape index (κ2) is 3.71. The Morgan fingerprint density at radius 3 is 2.79 bits per heavy atom. The summed E-state index contributed by atoms with van der Waals surface area (Å²) in [6, 6.07) is 3.87. The highest BCUT2D eigenvalue weighted by Crippen LogP contribution is 2.22. The van der Waals surface area contributed by atoms with Crippen LogP contribution in [0, 0.1) is 0 Å². The second-order valence-electron chi connectivity index (χ2n) is 3.04. The van der Waals surface area contributed by atoms with Gasteiger partial charge in [-0.3, -0.25) is 4.98 Å². The number of hydrogen-bond donors (Lipinski definition) is 0. The number of nitrogens with zero attached hydrogens (tertiary/aromatic N) is 4. The number of pyridine rings is 1. The number of hydrogen-bond acceptors (Lipinski definition) is 5. The zero-order valence-electron chi connectivity index (χ0n) is 8.01. The maximum Gasteiger partial charge on any atom is 0.237 e. The fourth-order valence-corrected chi connectivity index (χ4v) is 1.72. The molecule has 0 aromatic carbocycles. The summed E-state index contributed by atoms with van der Waals surface area (Å²) in [4.78, 5) is 10.3. The van der Waals surface area contributed by atoms with Crippen molar-refractivity contribution in [1.82, 2.24) is 14.3 Å². The quantitative estimate of drug-likeness (QED) is 0.749. The van der Waals surface area contributed by atoms with Crippen molar-refractivity contribution in [3.63, 3.8) is 0 Å². The van der Waals surface area contributed by atoms with E-state index in [1.165, 1.54) is 11.5 Å². The molecule has 0 atom stereocenters. The Kier molecular flexibility index (Phi) is 2.41. The first-order chi connectivity index (χ1) is 6.77. The maximum atomic E-state index is 4.37. The highest BCUT2D eigenvalue weighted by atomic mass is 32.1. The van der Waals surface area contributed by atoms with Crippen LogP contribution in [0.1, 0.15) is 0 Å². The molecular formula is C9H10N4S. The molecule has 0 amide bonds. The molecule has 14 heavy (non-hydrogen) atoms. The number of rotatable bonds is 2. The SMILES string of the molecule is CN(C)c1nsc(-c2cccnc2)n1. The van der Waals surface area contributed by atoms with E-state index in [1.807, 2.05) is 31.1 Å². The van der Waals surface area contributed by atoms with Crippen LogP contribution in [-0.4, -0.2) is 28.4 Å². The standard InChI is InChI=1S/C9H10N4S/c1-13(2)9-11-8(14-12-9)7-4-3-5-10-6-7/h3-6H,1-2H3. The van der Waals surface area contributed by atoms with Gasteiger partial charge in [-0.05, 0) is 23.7 Å². The third kappa shape index (κ3) is 1.72. The Morgan fingerprint density at radius 1 is 1.36 bits per heavy atom. The van der Waals surface area contributed by atoms with Crippen LogP contribution in [0.25, 0.3) is 10.6 Å². The average molecular weight is 206 g/mol. The number of aromatic nitrogens is 3. The summed E-state index contributed by atoms with van der Waals surface area (Å²) in [5, 5.41) is 0.904. The third-order valence-corrected chi connectivity index (χ3v) is 2.48. The molecule has 0 aliphatic rings. The lowest BCUT2D eigenvalue weighted by Crippen LogP contribution is -2.09. The van der Waals surface area contributed by atoms with E-state index in [0.29, 0.717) is 0 Å². The molecule has 0 N–H and O–H groups in total. The van der Waals surface area contributed by atoms with Gasteiger partial charge in [0.1, 0.15) is 5.01 Å². The van der Waals surface area contributed by atoms with Crippen molar-refractivity contribution in [1.29, 1.82) is 0 Å². The summed E-state index contributed by atoms with van der Waals surface area (Å²) < 4.78 is 4.22. The van der Waals surface area contributed by atoms with Gasteiger partial charge in [-0.1, -0.05) is 0 Å². The molecule has 0 bridgehead atoms. The molecule has 0 saturated heterocycles. The molecule has 0 aliphatic heterocycles. The van der Waals surface area contributed by atoms with Crippen LogP contribution in [0.5, 0.6) is 0 Å². The highest BCUT2D eigenvalue weighted by Gasteiger charge is 2.06. The van der Waals surface area contributed by atoms with Crippen molar-refractivity contribution in [3.8, 4) is 10.6 Å². The van der Waals surface area contributed by atoms with Gasteiger partial charge in [0.05, 0.1) is 0 Å². The highest BCUT2D eigenvalue weighted by molar-refractivity contribution is 7.09. The van der Waals surface area contributed by atoms with Gasteiger partial charge in [0.15, 0.2) is 0 Å². The molecule has 0 radical (unpaired) electrons. The Hall–Kier alpha value is -1.49. The van der Waals surface area contributed by atoms with E-state index in [0.717, 1.165) is 16.5 Å². The van der Waals surface area contributed by atoms with Gasteiger partial charge >= 0.3 is 0 Å². The Morgan fingerprint density at radius 2 is 2.21 bits per heavy atom. The van der Waals surface area contributed by atoms with Crippen molar-refractivity contribution in [3.05, 3.63) is 24.5 Å². The van der Waals surface area contributed by atoms with Gasteiger partial charge in [-0.15, -0.1) is 0 Å². The van der Waals surface area contributed by atoms with Crippen LogP contribution >= 0.6 is 11.5 Å². The second-order valence-corrected chi connectivity index (χ2v) is 3.79. The van der Waals surface area contributed by atoms with E-state index in [2.05, 4.69) is 14.3 Å². The van der Waals surface area contributed by atoms with E-state index in [1.54, 1.807) is 12.4 Å². The van der Waals surface area contributed by atoms with E-state index in [9.17, 15) is 0 Å². The molecule has 2 heterocycles. The molecule has 0 aliphatic carbocycles. The molecule has 72 valence electrons. The van der Waals surface area contributed by atoms with Gasteiger partial charge in [-0.25, -0.2) is 0 Å². The molecule has 2 aromatic heterocycles. The largest absolute Gasteiger partial charge is 0.346 e. The van der Waals surface area contributed by atoms with Crippen molar-refractivity contribution in [2.45, 2.75) is 0 Å². The van der Waals surface area contributed by atoms with Crippen LogP contribution in [0.4, 0.5) is 5.95 Å². The van der Waals surface area contributed by atoms with Crippen LogP contribution in [0.3, 0.4) is 0 Å². The minimum absolute atomic E-state index is 0.744. The normalized spacial score (nSPS) is 10.1. The molecule has 0 saturated carbocycles. The lowest BCUT2D eigenvalue weighted by molar-refractivity contribution is 1.05. The minimum atomic E-state index is 0.744. The predicted molar refractivity (Wildman–Crippen MR) is 57.5 cm³/mol. The van der Waals surface area contributed by atoms with Crippen molar-refractivity contribution in [2.75, 3.05) is 19.0 Å². The van der Waals surface area contributed by atoms with Crippen LogP contribution in [-0.2, 0) is 0 Å². The molecule has 0 fully saturated rings. The van der Waals surface area contributed by atoms with Gasteiger partial charge in [0, 0.05) is 32.1 Å². The summed E-state index contributed by atoms with van der Waals surface area (Å²) in [5.41, 5.74) is 1.01. The summed E-state index contributed by atoms with van der Waals surface area (Å²) >= 11 is 1.39. The lowest BCUT2D eigenvalue weighted by Gasteiger charge is -2.03. The zero-order chi connectivity index (χ0) is 9.97. The third-order valence-electron chi connectivity index (χ3n) is 1.72. The summed E-state index contributed by atoms with van der Waals surface area (Å²) in [6.45, 7) is 0. The zero-order valence-corrected chi connectivity index (χ0v) is 8.82. The van der Waals surface area contributed by atoms with Crippen LogP contribution in [0.2, 0.25) is 0 Å². The smallest absolute Gasteiger partial charge is 0.237 e. The minimum Gasteiger partial charge on any atom is -0.346 e. The molecule has 0 unspecified atom stereocenters. The van der Waals surface area contributed by atoms with Crippen molar-refractivity contribution in [2.24, 2.45) is 0 Å². The topological polar surface area (TPSA) is 41.9 Å². The molecular weight excluding hydrogens is 196 g/mol. The van der Waals surface area contributed by atoms with Gasteiger partial charge < -0.3 is 4.90 Å². The first kappa shape index (κ1) is 9.08. The molecule has 2 rings (SSSR count). The first-order valence-corrected chi connectivity index (χ1v) is 4.96. The van der Waals surface area contributed by atoms with Crippen molar-refractivity contribution < 1.29 is 0 Å². The van der Waals surface area contributed by atoms with E-state index < -0.39 is 0 Å². The van der Waals surface area contributed by atoms with Crippen LogP contribution in [0.15, 0.2) is 24.5 Å². The van der Waals surface area contributed by atoms with E-state index >= 15 is 0 Å². The molecule has 4 nitrogen and oxygen atoms in total. The fraction of sp³-hybridized carbons (Fsp3) is 0.222. The Balaban J connectivity index is 2.34. The summed E-state index contributed by atoms with van der Waals surface area (Å²) in [5.74, 6) is 0.744. The lowest BCUT2D eigenvalue weighted by atomic mass is 10.3. The Bertz CT molecular complexity index is 410. The maximum absolute atomic E-state index is 4.37. The fourth-order valence-electron chi connectivity index (χ4n) is 1.00. The van der Waals surface area contributed by atoms with Gasteiger partial charge in [0.2, 0.25) is 5.95 Å². The monoisotopic (exact) mass is 206 g/mol. The number of anilines is 1.